The largest absolute Gasteiger partial charge is 0.382 e. The van der Waals surface area contributed by atoms with Crippen molar-refractivity contribution < 1.29 is 9.53 Å². The maximum Gasteiger partial charge on any atom is 0.207 e. The monoisotopic (exact) mass is 408 g/mol. The molecule has 0 saturated carbocycles. The zero-order chi connectivity index (χ0) is 20.4. The number of rotatable bonds is 5. The SMILES string of the molecule is Cc1ccc(C(=O)c2sc(Nc3ccc(N4CCOCC4)cc3)nc2N)c(C)c1. The van der Waals surface area contributed by atoms with Crippen LogP contribution in [0.25, 0.3) is 0 Å². The lowest BCUT2D eigenvalue weighted by Gasteiger charge is -2.28. The summed E-state index contributed by atoms with van der Waals surface area (Å²) in [4.78, 5) is 20.0. The molecule has 1 aliphatic heterocycles. The number of carbonyl (C=O) groups excluding carboxylic acids is 1. The number of nitrogens with zero attached hydrogens (tertiary/aromatic N) is 2. The van der Waals surface area contributed by atoms with Gasteiger partial charge in [-0.1, -0.05) is 35.1 Å². The molecule has 1 fully saturated rings. The maximum absolute atomic E-state index is 12.9. The summed E-state index contributed by atoms with van der Waals surface area (Å²) >= 11 is 1.28. The van der Waals surface area contributed by atoms with Crippen LogP contribution in [-0.4, -0.2) is 37.1 Å². The second-order valence-electron chi connectivity index (χ2n) is 7.15. The van der Waals surface area contributed by atoms with Gasteiger partial charge < -0.3 is 20.7 Å². The van der Waals surface area contributed by atoms with Crippen molar-refractivity contribution in [3.05, 3.63) is 64.0 Å². The number of benzene rings is 2. The number of nitrogen functional groups attached to an aromatic ring is 1. The summed E-state index contributed by atoms with van der Waals surface area (Å²) < 4.78 is 5.40. The molecule has 6 nitrogen and oxygen atoms in total. The average Bonchev–Trinajstić information content (AvgIpc) is 3.09. The minimum atomic E-state index is -0.0896. The minimum Gasteiger partial charge on any atom is -0.382 e. The number of nitrogens with two attached hydrogens (primary N) is 1. The Hall–Kier alpha value is -2.90. The van der Waals surface area contributed by atoms with Crippen molar-refractivity contribution in [2.45, 2.75) is 13.8 Å². The third-order valence-corrected chi connectivity index (χ3v) is 5.97. The quantitative estimate of drug-likeness (QED) is 0.617. The lowest BCUT2D eigenvalue weighted by molar-refractivity contribution is 0.104. The molecular formula is C22H24N4O2S. The lowest BCUT2D eigenvalue weighted by Crippen LogP contribution is -2.36. The summed E-state index contributed by atoms with van der Waals surface area (Å²) in [7, 11) is 0. The van der Waals surface area contributed by atoms with E-state index in [2.05, 4.69) is 27.3 Å². The Morgan fingerprint density at radius 3 is 2.55 bits per heavy atom. The number of thiazole rings is 1. The highest BCUT2D eigenvalue weighted by Crippen LogP contribution is 2.31. The van der Waals surface area contributed by atoms with E-state index in [-0.39, 0.29) is 11.6 Å². The normalized spacial score (nSPS) is 14.1. The molecule has 29 heavy (non-hydrogen) atoms. The summed E-state index contributed by atoms with van der Waals surface area (Å²) in [5.41, 5.74) is 10.9. The van der Waals surface area contributed by atoms with Gasteiger partial charge in [-0.15, -0.1) is 0 Å². The lowest BCUT2D eigenvalue weighted by atomic mass is 10.0. The van der Waals surface area contributed by atoms with E-state index in [0.29, 0.717) is 15.6 Å². The predicted octanol–water partition coefficient (Wildman–Crippen LogP) is 4.15. The first-order chi connectivity index (χ1) is 14.0. The van der Waals surface area contributed by atoms with Crippen molar-refractivity contribution in [1.82, 2.24) is 4.98 Å². The van der Waals surface area contributed by atoms with Gasteiger partial charge in [-0.05, 0) is 43.7 Å². The molecule has 4 rings (SSSR count). The zero-order valence-corrected chi connectivity index (χ0v) is 17.4. The molecule has 2 aromatic carbocycles. The molecule has 0 atom stereocenters. The molecule has 2 heterocycles. The third kappa shape index (κ3) is 4.26. The number of ketones is 1. The van der Waals surface area contributed by atoms with Crippen LogP contribution in [0.3, 0.4) is 0 Å². The molecule has 0 spiro atoms. The number of morpholine rings is 1. The highest BCUT2D eigenvalue weighted by Gasteiger charge is 2.20. The van der Waals surface area contributed by atoms with Gasteiger partial charge in [-0.25, -0.2) is 4.98 Å². The van der Waals surface area contributed by atoms with Crippen LogP contribution in [0, 0.1) is 13.8 Å². The molecule has 0 unspecified atom stereocenters. The predicted molar refractivity (Wildman–Crippen MR) is 119 cm³/mol. The van der Waals surface area contributed by atoms with Crippen LogP contribution in [0.15, 0.2) is 42.5 Å². The molecule has 0 bridgehead atoms. The highest BCUT2D eigenvalue weighted by molar-refractivity contribution is 7.18. The number of carbonyl (C=O) groups is 1. The number of ether oxygens (including phenoxy) is 1. The number of anilines is 4. The second-order valence-corrected chi connectivity index (χ2v) is 8.15. The molecule has 0 aliphatic carbocycles. The Kier molecular flexibility index (Phi) is 5.51. The Bertz CT molecular complexity index is 1020. The standard InChI is InChI=1S/C22H24N4O2S/c1-14-3-8-18(15(2)13-14)19(27)20-21(23)25-22(29-20)24-16-4-6-17(7-5-16)26-9-11-28-12-10-26/h3-8,13H,9-12,23H2,1-2H3,(H,24,25). The number of nitrogens with one attached hydrogen (secondary N) is 1. The number of aryl methyl sites for hydroxylation is 2. The van der Waals surface area contributed by atoms with E-state index >= 15 is 0 Å². The smallest absolute Gasteiger partial charge is 0.207 e. The Morgan fingerprint density at radius 1 is 1.14 bits per heavy atom. The minimum absolute atomic E-state index is 0.0896. The molecule has 1 aromatic heterocycles. The molecular weight excluding hydrogens is 384 g/mol. The topological polar surface area (TPSA) is 80.5 Å². The van der Waals surface area contributed by atoms with Crippen LogP contribution in [-0.2, 0) is 4.74 Å². The number of aromatic nitrogens is 1. The van der Waals surface area contributed by atoms with Crippen molar-refractivity contribution in [1.29, 1.82) is 0 Å². The fourth-order valence-electron chi connectivity index (χ4n) is 3.44. The van der Waals surface area contributed by atoms with Gasteiger partial charge in [0.25, 0.3) is 0 Å². The van der Waals surface area contributed by atoms with E-state index < -0.39 is 0 Å². The van der Waals surface area contributed by atoms with Crippen LogP contribution in [0.4, 0.5) is 22.3 Å². The first-order valence-corrected chi connectivity index (χ1v) is 10.4. The van der Waals surface area contributed by atoms with Crippen LogP contribution in [0.2, 0.25) is 0 Å². The van der Waals surface area contributed by atoms with E-state index in [1.165, 1.54) is 17.0 Å². The molecule has 150 valence electrons. The summed E-state index contributed by atoms with van der Waals surface area (Å²) in [5.74, 6) is 0.167. The van der Waals surface area contributed by atoms with E-state index in [4.69, 9.17) is 10.5 Å². The van der Waals surface area contributed by atoms with Gasteiger partial charge in [0.2, 0.25) is 5.78 Å². The van der Waals surface area contributed by atoms with E-state index in [1.807, 2.05) is 44.2 Å². The number of hydrogen-bond donors (Lipinski definition) is 2. The number of hydrogen-bond acceptors (Lipinski definition) is 7. The summed E-state index contributed by atoms with van der Waals surface area (Å²) in [5, 5.41) is 3.86. The van der Waals surface area contributed by atoms with E-state index in [0.717, 1.165) is 43.1 Å². The van der Waals surface area contributed by atoms with Crippen LogP contribution < -0.4 is 16.0 Å². The van der Waals surface area contributed by atoms with Crippen molar-refractivity contribution in [2.24, 2.45) is 0 Å². The van der Waals surface area contributed by atoms with Crippen LogP contribution in [0.5, 0.6) is 0 Å². The van der Waals surface area contributed by atoms with Gasteiger partial charge >= 0.3 is 0 Å². The second kappa shape index (κ2) is 8.23. The van der Waals surface area contributed by atoms with E-state index in [9.17, 15) is 4.79 Å². The van der Waals surface area contributed by atoms with Crippen LogP contribution in [0.1, 0.15) is 26.4 Å². The fourth-order valence-corrected chi connectivity index (χ4v) is 4.30. The van der Waals surface area contributed by atoms with Crippen molar-refractivity contribution in [2.75, 3.05) is 42.3 Å². The molecule has 0 amide bonds. The van der Waals surface area contributed by atoms with E-state index in [1.54, 1.807) is 0 Å². The van der Waals surface area contributed by atoms with Gasteiger partial charge in [0.15, 0.2) is 5.13 Å². The van der Waals surface area contributed by atoms with Gasteiger partial charge in [-0.3, -0.25) is 4.79 Å². The van der Waals surface area contributed by atoms with Crippen molar-refractivity contribution in [3.8, 4) is 0 Å². The molecule has 0 radical (unpaired) electrons. The summed E-state index contributed by atoms with van der Waals surface area (Å²) in [6, 6.07) is 14.0. The Balaban J connectivity index is 1.50. The van der Waals surface area contributed by atoms with Crippen molar-refractivity contribution >= 4 is 39.4 Å². The summed E-state index contributed by atoms with van der Waals surface area (Å²) in [6.07, 6.45) is 0. The van der Waals surface area contributed by atoms with Crippen molar-refractivity contribution in [3.63, 3.8) is 0 Å². The zero-order valence-electron chi connectivity index (χ0n) is 16.6. The van der Waals surface area contributed by atoms with Gasteiger partial charge in [0.05, 0.1) is 13.2 Å². The Morgan fingerprint density at radius 2 is 1.86 bits per heavy atom. The highest BCUT2D eigenvalue weighted by atomic mass is 32.1. The molecule has 1 saturated heterocycles. The Labute approximate surface area is 174 Å². The molecule has 3 N–H and O–H groups in total. The van der Waals surface area contributed by atoms with Crippen LogP contribution >= 0.6 is 11.3 Å². The average molecular weight is 409 g/mol. The molecule has 3 aromatic rings. The van der Waals surface area contributed by atoms with Gasteiger partial charge in [-0.2, -0.15) is 0 Å². The maximum atomic E-state index is 12.9. The molecule has 1 aliphatic rings. The fraction of sp³-hybridized carbons (Fsp3) is 0.273. The van der Waals surface area contributed by atoms with Gasteiger partial charge in [0.1, 0.15) is 10.7 Å². The molecule has 7 heteroatoms. The first kappa shape index (κ1) is 19.4. The first-order valence-electron chi connectivity index (χ1n) is 9.59. The summed E-state index contributed by atoms with van der Waals surface area (Å²) in [6.45, 7) is 7.27. The van der Waals surface area contributed by atoms with Gasteiger partial charge in [0, 0.05) is 30.0 Å². The third-order valence-electron chi connectivity index (χ3n) is 4.98.